The second-order valence-corrected chi connectivity index (χ2v) is 4.16. The summed E-state index contributed by atoms with van der Waals surface area (Å²) in [5.41, 5.74) is 12.2. The van der Waals surface area contributed by atoms with Gasteiger partial charge in [0.25, 0.3) is 0 Å². The molecule has 0 heterocycles. The number of aliphatic imine (C=N–C) groups is 1. The van der Waals surface area contributed by atoms with Crippen molar-refractivity contribution in [1.29, 1.82) is 0 Å². The van der Waals surface area contributed by atoms with Crippen LogP contribution in [0.5, 0.6) is 0 Å². The lowest BCUT2D eigenvalue weighted by Gasteiger charge is -2.18. The van der Waals surface area contributed by atoms with Gasteiger partial charge < -0.3 is 11.5 Å². The maximum Gasteiger partial charge on any atom is 0.119 e. The molecule has 0 bridgehead atoms. The first-order valence-corrected chi connectivity index (χ1v) is 4.65. The van der Waals surface area contributed by atoms with E-state index in [9.17, 15) is 0 Å². The minimum absolute atomic E-state index is 0.0354. The van der Waals surface area contributed by atoms with Crippen LogP contribution >= 0.6 is 0 Å². The predicted molar refractivity (Wildman–Crippen MR) is 58.5 cm³/mol. The minimum Gasteiger partial charge on any atom is -0.401 e. The Hall–Kier alpha value is -0.990. The molecular weight excluding hydrogens is 162 g/mol. The molecule has 4 N–H and O–H groups in total. The molecule has 0 fully saturated rings. The van der Waals surface area contributed by atoms with Crippen LogP contribution in [0.2, 0.25) is 0 Å². The summed E-state index contributed by atoms with van der Waals surface area (Å²) in [5, 5.41) is 0. The van der Waals surface area contributed by atoms with E-state index < -0.39 is 0 Å². The first kappa shape index (κ1) is 12.0. The highest BCUT2D eigenvalue weighted by Crippen LogP contribution is 2.19. The summed E-state index contributed by atoms with van der Waals surface area (Å²) < 4.78 is 0. The van der Waals surface area contributed by atoms with Crippen molar-refractivity contribution in [1.82, 2.24) is 0 Å². The fourth-order valence-electron chi connectivity index (χ4n) is 0.662. The number of rotatable bonds is 3. The lowest BCUT2D eigenvalue weighted by molar-refractivity contribution is 0.498. The first-order valence-electron chi connectivity index (χ1n) is 4.65. The van der Waals surface area contributed by atoms with Crippen molar-refractivity contribution in [2.75, 3.05) is 6.54 Å². The van der Waals surface area contributed by atoms with Gasteiger partial charge in [0, 0.05) is 17.7 Å². The molecule has 3 nitrogen and oxygen atoms in total. The Balaban J connectivity index is 4.39. The van der Waals surface area contributed by atoms with Crippen LogP contribution in [0.15, 0.2) is 16.8 Å². The van der Waals surface area contributed by atoms with Crippen molar-refractivity contribution in [3.63, 3.8) is 0 Å². The fourth-order valence-corrected chi connectivity index (χ4v) is 0.662. The quantitative estimate of drug-likeness (QED) is 0.516. The molecule has 0 radical (unpaired) electrons. The summed E-state index contributed by atoms with van der Waals surface area (Å²) in [6.45, 7) is 8.97. The average molecular weight is 183 g/mol. The maximum absolute atomic E-state index is 5.82. The summed E-state index contributed by atoms with van der Waals surface area (Å²) in [6, 6.07) is 0. The van der Waals surface area contributed by atoms with Gasteiger partial charge in [-0.05, 0) is 12.5 Å². The Bertz CT molecular complexity index is 209. The summed E-state index contributed by atoms with van der Waals surface area (Å²) in [4.78, 5) is 4.13. The fraction of sp³-hybridized carbons (Fsp3) is 0.700. The molecule has 0 aromatic heterocycles. The van der Waals surface area contributed by atoms with Crippen molar-refractivity contribution in [2.45, 2.75) is 34.1 Å². The van der Waals surface area contributed by atoms with E-state index in [0.717, 1.165) is 18.7 Å². The molecule has 3 heteroatoms. The Kier molecular flexibility index (Phi) is 4.52. The van der Waals surface area contributed by atoms with E-state index >= 15 is 0 Å². The second-order valence-electron chi connectivity index (χ2n) is 4.16. The summed E-state index contributed by atoms with van der Waals surface area (Å²) in [5.74, 6) is 0.522. The average Bonchev–Trinajstić information content (AvgIpc) is 1.99. The molecular formula is C10H21N3. The van der Waals surface area contributed by atoms with Gasteiger partial charge in [0.1, 0.15) is 5.84 Å². The Morgan fingerprint density at radius 2 is 1.85 bits per heavy atom. The zero-order chi connectivity index (χ0) is 10.5. The number of amidine groups is 1. The molecule has 0 aromatic carbocycles. The second kappa shape index (κ2) is 4.90. The lowest BCUT2D eigenvalue weighted by Crippen LogP contribution is -2.21. The predicted octanol–water partition coefficient (Wildman–Crippen LogP) is 1.64. The standard InChI is InChI=1S/C10H21N3/c1-5-6-13-9(12)7-8(11)10(2,3)4/h7H,5-6,11H2,1-4H3,(H2,12,13). The summed E-state index contributed by atoms with van der Waals surface area (Å²) in [6.07, 6.45) is 2.75. The van der Waals surface area contributed by atoms with Crippen LogP contribution in [0.3, 0.4) is 0 Å². The molecule has 0 saturated carbocycles. The first-order chi connectivity index (χ1) is 5.88. The zero-order valence-corrected chi connectivity index (χ0v) is 9.09. The van der Waals surface area contributed by atoms with Gasteiger partial charge >= 0.3 is 0 Å². The van der Waals surface area contributed by atoms with Crippen LogP contribution in [-0.2, 0) is 0 Å². The van der Waals surface area contributed by atoms with Gasteiger partial charge in [0.2, 0.25) is 0 Å². The van der Waals surface area contributed by atoms with Crippen LogP contribution in [-0.4, -0.2) is 12.4 Å². The molecule has 0 saturated heterocycles. The van der Waals surface area contributed by atoms with Gasteiger partial charge in [-0.2, -0.15) is 0 Å². The van der Waals surface area contributed by atoms with Crippen LogP contribution in [0.1, 0.15) is 34.1 Å². The van der Waals surface area contributed by atoms with Crippen molar-refractivity contribution < 1.29 is 0 Å². The van der Waals surface area contributed by atoms with Crippen molar-refractivity contribution in [2.24, 2.45) is 21.9 Å². The molecule has 0 aliphatic heterocycles. The normalized spacial score (nSPS) is 14.8. The molecule has 0 aliphatic rings. The van der Waals surface area contributed by atoms with E-state index in [4.69, 9.17) is 11.5 Å². The number of nitrogens with two attached hydrogens (primary N) is 2. The maximum atomic E-state index is 5.82. The van der Waals surface area contributed by atoms with E-state index in [1.54, 1.807) is 6.08 Å². The van der Waals surface area contributed by atoms with Gasteiger partial charge in [-0.1, -0.05) is 27.7 Å². The Labute approximate surface area is 80.9 Å². The van der Waals surface area contributed by atoms with Crippen molar-refractivity contribution in [3.05, 3.63) is 11.8 Å². The third kappa shape index (κ3) is 5.28. The SMILES string of the molecule is CCCN=C(N)C=C(N)C(C)(C)C. The zero-order valence-electron chi connectivity index (χ0n) is 9.09. The number of hydrogen-bond acceptors (Lipinski definition) is 2. The minimum atomic E-state index is -0.0354. The smallest absolute Gasteiger partial charge is 0.119 e. The van der Waals surface area contributed by atoms with Gasteiger partial charge in [-0.15, -0.1) is 0 Å². The van der Waals surface area contributed by atoms with Crippen LogP contribution < -0.4 is 11.5 Å². The lowest BCUT2D eigenvalue weighted by atomic mass is 9.92. The van der Waals surface area contributed by atoms with E-state index in [2.05, 4.69) is 11.9 Å². The summed E-state index contributed by atoms with van der Waals surface area (Å²) in [7, 11) is 0. The van der Waals surface area contributed by atoms with Gasteiger partial charge in [-0.3, -0.25) is 4.99 Å². The highest BCUT2D eigenvalue weighted by atomic mass is 14.8. The molecule has 0 unspecified atom stereocenters. The van der Waals surface area contributed by atoms with Crippen LogP contribution in [0, 0.1) is 5.41 Å². The number of hydrogen-bond donors (Lipinski definition) is 2. The van der Waals surface area contributed by atoms with Crippen LogP contribution in [0.25, 0.3) is 0 Å². The van der Waals surface area contributed by atoms with E-state index in [-0.39, 0.29) is 5.41 Å². The van der Waals surface area contributed by atoms with E-state index in [1.807, 2.05) is 20.8 Å². The molecule has 0 rings (SSSR count). The Morgan fingerprint density at radius 1 is 1.31 bits per heavy atom. The third-order valence-corrected chi connectivity index (χ3v) is 1.69. The largest absolute Gasteiger partial charge is 0.401 e. The summed E-state index contributed by atoms with van der Waals surface area (Å²) >= 11 is 0. The Morgan fingerprint density at radius 3 is 2.23 bits per heavy atom. The van der Waals surface area contributed by atoms with E-state index in [1.165, 1.54) is 0 Å². The number of allylic oxidation sites excluding steroid dienone is 1. The van der Waals surface area contributed by atoms with Crippen molar-refractivity contribution in [3.8, 4) is 0 Å². The van der Waals surface area contributed by atoms with E-state index in [0.29, 0.717) is 5.84 Å². The van der Waals surface area contributed by atoms with Gasteiger partial charge in [0.05, 0.1) is 0 Å². The highest BCUT2D eigenvalue weighted by Gasteiger charge is 2.13. The topological polar surface area (TPSA) is 64.4 Å². The molecule has 0 atom stereocenters. The van der Waals surface area contributed by atoms with Gasteiger partial charge in [0.15, 0.2) is 0 Å². The number of nitrogens with zero attached hydrogens (tertiary/aromatic N) is 1. The van der Waals surface area contributed by atoms with Crippen molar-refractivity contribution >= 4 is 5.84 Å². The van der Waals surface area contributed by atoms with Crippen LogP contribution in [0.4, 0.5) is 0 Å². The molecule has 0 aromatic rings. The molecule has 0 spiro atoms. The highest BCUT2D eigenvalue weighted by molar-refractivity contribution is 5.92. The molecule has 0 amide bonds. The molecule has 13 heavy (non-hydrogen) atoms. The van der Waals surface area contributed by atoms with Gasteiger partial charge in [-0.25, -0.2) is 0 Å². The third-order valence-electron chi connectivity index (χ3n) is 1.69. The molecule has 0 aliphatic carbocycles. The molecule has 76 valence electrons. The monoisotopic (exact) mass is 183 g/mol.